The van der Waals surface area contributed by atoms with Gasteiger partial charge in [-0.05, 0) is 25.3 Å². The van der Waals surface area contributed by atoms with Crippen LogP contribution in [0, 0.1) is 12.3 Å². The van der Waals surface area contributed by atoms with E-state index in [0.717, 1.165) is 37.1 Å². The molecule has 0 bridgehead atoms. The van der Waals surface area contributed by atoms with Crippen LogP contribution in [0.3, 0.4) is 0 Å². The third-order valence-electron chi connectivity index (χ3n) is 3.36. The fourth-order valence-corrected chi connectivity index (χ4v) is 2.28. The van der Waals surface area contributed by atoms with E-state index in [0.29, 0.717) is 6.54 Å². The molecule has 0 radical (unpaired) electrons. The molecule has 1 fully saturated rings. The van der Waals surface area contributed by atoms with Crippen molar-refractivity contribution in [2.45, 2.75) is 31.8 Å². The van der Waals surface area contributed by atoms with Crippen LogP contribution in [-0.2, 0) is 11.3 Å². The van der Waals surface area contributed by atoms with Gasteiger partial charge in [-0.2, -0.15) is 0 Å². The minimum absolute atomic E-state index is 0.0875. The summed E-state index contributed by atoms with van der Waals surface area (Å²) >= 11 is 0. The molecule has 0 aliphatic carbocycles. The van der Waals surface area contributed by atoms with Gasteiger partial charge >= 0.3 is 0 Å². The largest absolute Gasteiger partial charge is 0.481 e. The molecule has 1 unspecified atom stereocenters. The molecule has 4 heteroatoms. The van der Waals surface area contributed by atoms with E-state index >= 15 is 0 Å². The van der Waals surface area contributed by atoms with Gasteiger partial charge in [-0.25, -0.2) is 0 Å². The Bertz CT molecular complexity index is 493. The second kappa shape index (κ2) is 7.56. The highest BCUT2D eigenvalue weighted by molar-refractivity contribution is 5.81. The minimum Gasteiger partial charge on any atom is -0.481 e. The standard InChI is InChI=1S/C16H20N2O2/c1-2-11-20-15-9-4-3-7-13(15)12-18-14-8-5-6-10-17-16(14)19/h1,3-4,7,9,14,18H,5-6,8,10-12H2,(H,17,19). The van der Waals surface area contributed by atoms with Crippen LogP contribution in [0.1, 0.15) is 24.8 Å². The van der Waals surface area contributed by atoms with E-state index < -0.39 is 0 Å². The van der Waals surface area contributed by atoms with E-state index in [2.05, 4.69) is 16.6 Å². The average Bonchev–Trinajstić information content (AvgIpc) is 2.68. The molecular weight excluding hydrogens is 252 g/mol. The summed E-state index contributed by atoms with van der Waals surface area (Å²) < 4.78 is 5.50. The predicted octanol–water partition coefficient (Wildman–Crippen LogP) is 1.46. The number of para-hydroxylation sites is 1. The van der Waals surface area contributed by atoms with Crippen LogP contribution >= 0.6 is 0 Å². The Kier molecular flexibility index (Phi) is 5.45. The number of benzene rings is 1. The van der Waals surface area contributed by atoms with Gasteiger partial charge in [0.2, 0.25) is 5.91 Å². The molecule has 0 aromatic heterocycles. The Morgan fingerprint density at radius 1 is 1.40 bits per heavy atom. The number of hydrogen-bond donors (Lipinski definition) is 2. The van der Waals surface area contributed by atoms with Gasteiger partial charge in [-0.3, -0.25) is 4.79 Å². The molecule has 1 aromatic carbocycles. The highest BCUT2D eigenvalue weighted by atomic mass is 16.5. The van der Waals surface area contributed by atoms with Crippen molar-refractivity contribution >= 4 is 5.91 Å². The summed E-state index contributed by atoms with van der Waals surface area (Å²) in [5.41, 5.74) is 1.01. The number of hydrogen-bond acceptors (Lipinski definition) is 3. The molecule has 2 N–H and O–H groups in total. The zero-order valence-electron chi connectivity index (χ0n) is 11.5. The van der Waals surface area contributed by atoms with Crippen LogP contribution in [0.2, 0.25) is 0 Å². The van der Waals surface area contributed by atoms with Gasteiger partial charge < -0.3 is 15.4 Å². The predicted molar refractivity (Wildman–Crippen MR) is 78.3 cm³/mol. The number of terminal acetylenes is 1. The molecular formula is C16H20N2O2. The molecule has 1 heterocycles. The Morgan fingerprint density at radius 3 is 3.10 bits per heavy atom. The zero-order chi connectivity index (χ0) is 14.2. The van der Waals surface area contributed by atoms with Crippen LogP contribution in [-0.4, -0.2) is 25.1 Å². The summed E-state index contributed by atoms with van der Waals surface area (Å²) in [6.07, 6.45) is 8.19. The maximum atomic E-state index is 11.9. The third-order valence-corrected chi connectivity index (χ3v) is 3.36. The van der Waals surface area contributed by atoms with Crippen LogP contribution < -0.4 is 15.4 Å². The van der Waals surface area contributed by atoms with Crippen LogP contribution in [0.4, 0.5) is 0 Å². The molecule has 20 heavy (non-hydrogen) atoms. The Hall–Kier alpha value is -1.99. The van der Waals surface area contributed by atoms with Crippen molar-refractivity contribution < 1.29 is 9.53 Å². The number of carbonyl (C=O) groups excluding carboxylic acids is 1. The van der Waals surface area contributed by atoms with E-state index in [1.54, 1.807) is 0 Å². The van der Waals surface area contributed by atoms with Crippen molar-refractivity contribution in [2.24, 2.45) is 0 Å². The van der Waals surface area contributed by atoms with Crippen molar-refractivity contribution in [3.8, 4) is 18.1 Å². The maximum Gasteiger partial charge on any atom is 0.237 e. The highest BCUT2D eigenvalue weighted by Crippen LogP contribution is 2.18. The molecule has 1 saturated heterocycles. The van der Waals surface area contributed by atoms with Crippen LogP contribution in [0.5, 0.6) is 5.75 Å². The van der Waals surface area contributed by atoms with Gasteiger partial charge in [-0.15, -0.1) is 6.42 Å². The van der Waals surface area contributed by atoms with E-state index in [4.69, 9.17) is 11.2 Å². The minimum atomic E-state index is -0.127. The van der Waals surface area contributed by atoms with Gasteiger partial charge in [-0.1, -0.05) is 24.1 Å². The van der Waals surface area contributed by atoms with Crippen molar-refractivity contribution in [1.82, 2.24) is 10.6 Å². The number of carbonyl (C=O) groups is 1. The SMILES string of the molecule is C#CCOc1ccccc1CNC1CCCCNC1=O. The zero-order valence-corrected chi connectivity index (χ0v) is 11.5. The van der Waals surface area contributed by atoms with Gasteiger partial charge in [0, 0.05) is 18.7 Å². The number of ether oxygens (including phenoxy) is 1. The molecule has 1 aliphatic rings. The first-order valence-electron chi connectivity index (χ1n) is 6.96. The molecule has 1 aromatic rings. The summed E-state index contributed by atoms with van der Waals surface area (Å²) in [5.74, 6) is 3.32. The second-order valence-electron chi connectivity index (χ2n) is 4.82. The van der Waals surface area contributed by atoms with Crippen molar-refractivity contribution in [3.05, 3.63) is 29.8 Å². The summed E-state index contributed by atoms with van der Waals surface area (Å²) in [7, 11) is 0. The number of nitrogens with one attached hydrogen (secondary N) is 2. The smallest absolute Gasteiger partial charge is 0.237 e. The topological polar surface area (TPSA) is 50.4 Å². The summed E-state index contributed by atoms with van der Waals surface area (Å²) in [6.45, 7) is 1.62. The van der Waals surface area contributed by atoms with Crippen LogP contribution in [0.25, 0.3) is 0 Å². The van der Waals surface area contributed by atoms with Crippen molar-refractivity contribution in [2.75, 3.05) is 13.2 Å². The molecule has 0 saturated carbocycles. The first kappa shape index (κ1) is 14.4. The van der Waals surface area contributed by atoms with Gasteiger partial charge in [0.25, 0.3) is 0 Å². The average molecular weight is 272 g/mol. The van der Waals surface area contributed by atoms with E-state index in [1.807, 2.05) is 24.3 Å². The first-order chi connectivity index (χ1) is 9.81. The quantitative estimate of drug-likeness (QED) is 0.798. The fourth-order valence-electron chi connectivity index (χ4n) is 2.28. The second-order valence-corrected chi connectivity index (χ2v) is 4.82. The normalized spacial score (nSPS) is 18.8. The van der Waals surface area contributed by atoms with Crippen LogP contribution in [0.15, 0.2) is 24.3 Å². The molecule has 106 valence electrons. The van der Waals surface area contributed by atoms with E-state index in [1.165, 1.54) is 0 Å². The fraction of sp³-hybridized carbons (Fsp3) is 0.438. The monoisotopic (exact) mass is 272 g/mol. The highest BCUT2D eigenvalue weighted by Gasteiger charge is 2.20. The molecule has 1 aliphatic heterocycles. The Balaban J connectivity index is 1.96. The Labute approximate surface area is 119 Å². The molecule has 1 atom stereocenters. The number of amides is 1. The van der Waals surface area contributed by atoms with Crippen molar-refractivity contribution in [3.63, 3.8) is 0 Å². The summed E-state index contributed by atoms with van der Waals surface area (Å²) in [4.78, 5) is 11.9. The van der Waals surface area contributed by atoms with Gasteiger partial charge in [0.15, 0.2) is 0 Å². The lowest BCUT2D eigenvalue weighted by atomic mass is 10.1. The lowest BCUT2D eigenvalue weighted by Crippen LogP contribution is -2.42. The maximum absolute atomic E-state index is 11.9. The molecule has 1 amide bonds. The molecule has 2 rings (SSSR count). The van der Waals surface area contributed by atoms with Gasteiger partial charge in [0.1, 0.15) is 12.4 Å². The third kappa shape index (κ3) is 4.01. The summed E-state index contributed by atoms with van der Waals surface area (Å²) in [6, 6.07) is 7.61. The van der Waals surface area contributed by atoms with E-state index in [9.17, 15) is 4.79 Å². The molecule has 0 spiro atoms. The lowest BCUT2D eigenvalue weighted by molar-refractivity contribution is -0.122. The first-order valence-corrected chi connectivity index (χ1v) is 6.96. The Morgan fingerprint density at radius 2 is 2.25 bits per heavy atom. The van der Waals surface area contributed by atoms with Crippen molar-refractivity contribution in [1.29, 1.82) is 0 Å². The van der Waals surface area contributed by atoms with E-state index in [-0.39, 0.29) is 18.6 Å². The van der Waals surface area contributed by atoms with Gasteiger partial charge in [0.05, 0.1) is 6.04 Å². The summed E-state index contributed by atoms with van der Waals surface area (Å²) in [5, 5.41) is 6.22. The lowest BCUT2D eigenvalue weighted by Gasteiger charge is -2.16. The number of rotatable bonds is 5. The molecule has 4 nitrogen and oxygen atoms in total.